The van der Waals surface area contributed by atoms with Crippen molar-refractivity contribution in [3.8, 4) is 0 Å². The maximum atomic E-state index is 13.5. The molecule has 0 aliphatic carbocycles. The zero-order chi connectivity index (χ0) is 22.5. The van der Waals surface area contributed by atoms with Crippen molar-refractivity contribution in [2.75, 3.05) is 36.7 Å². The summed E-state index contributed by atoms with van der Waals surface area (Å²) in [6, 6.07) is 9.96. The summed E-state index contributed by atoms with van der Waals surface area (Å²) in [5.41, 5.74) is -2.13. The minimum Gasteiger partial charge on any atom is -0.376 e. The molecule has 0 fully saturated rings. The number of alkyl halides is 3. The maximum Gasteiger partial charge on any atom is 0.440 e. The average Bonchev–Trinajstić information content (AvgIpc) is 3.00. The van der Waals surface area contributed by atoms with Crippen LogP contribution in [0.25, 0.3) is 0 Å². The Labute approximate surface area is 177 Å². The summed E-state index contributed by atoms with van der Waals surface area (Å²) >= 11 is 6.26. The third-order valence-corrected chi connectivity index (χ3v) is 6.07. The van der Waals surface area contributed by atoms with Gasteiger partial charge in [0.1, 0.15) is 5.84 Å². The number of hydrogen-bond acceptors (Lipinski definition) is 6. The SMILES string of the molecule is CN(C)c1ccc(C2=NC(O)(C(F)(F)F)CN2c2ccc(S(C)(=O)=O)cc2)cc1Cl. The van der Waals surface area contributed by atoms with Gasteiger partial charge in [0, 0.05) is 31.6 Å². The van der Waals surface area contributed by atoms with Crippen LogP contribution in [0.1, 0.15) is 5.56 Å². The van der Waals surface area contributed by atoms with E-state index in [1.165, 1.54) is 35.2 Å². The highest BCUT2D eigenvalue weighted by Gasteiger charge is 2.59. The number of aliphatic hydroxyl groups is 1. The highest BCUT2D eigenvalue weighted by atomic mass is 35.5. The lowest BCUT2D eigenvalue weighted by Gasteiger charge is -2.26. The Bertz CT molecular complexity index is 1100. The summed E-state index contributed by atoms with van der Waals surface area (Å²) in [4.78, 5) is 6.54. The number of rotatable bonds is 4. The predicted octanol–water partition coefficient (Wildman–Crippen LogP) is 3.33. The van der Waals surface area contributed by atoms with Crippen molar-refractivity contribution in [3.63, 3.8) is 0 Å². The van der Waals surface area contributed by atoms with Crippen LogP contribution < -0.4 is 9.80 Å². The van der Waals surface area contributed by atoms with Crippen LogP contribution in [-0.2, 0) is 9.84 Å². The van der Waals surface area contributed by atoms with Crippen LogP contribution in [0, 0.1) is 0 Å². The fourth-order valence-corrected chi connectivity index (χ4v) is 4.02. The Balaban J connectivity index is 2.10. The number of halogens is 4. The fourth-order valence-electron chi connectivity index (χ4n) is 3.04. The summed E-state index contributed by atoms with van der Waals surface area (Å²) < 4.78 is 63.8. The van der Waals surface area contributed by atoms with E-state index in [2.05, 4.69) is 4.99 Å². The van der Waals surface area contributed by atoms with Crippen LogP contribution in [0.5, 0.6) is 0 Å². The van der Waals surface area contributed by atoms with E-state index in [0.29, 0.717) is 10.7 Å². The molecule has 1 aliphatic heterocycles. The van der Waals surface area contributed by atoms with Gasteiger partial charge in [0.25, 0.3) is 5.72 Å². The smallest absolute Gasteiger partial charge is 0.376 e. The average molecular weight is 462 g/mol. The van der Waals surface area contributed by atoms with Gasteiger partial charge in [-0.05, 0) is 42.5 Å². The number of sulfone groups is 1. The molecule has 1 unspecified atom stereocenters. The zero-order valence-electron chi connectivity index (χ0n) is 16.3. The van der Waals surface area contributed by atoms with E-state index in [1.807, 2.05) is 0 Å². The van der Waals surface area contributed by atoms with Crippen molar-refractivity contribution >= 4 is 38.6 Å². The first-order valence-corrected chi connectivity index (χ1v) is 10.9. The van der Waals surface area contributed by atoms with Gasteiger partial charge >= 0.3 is 6.18 Å². The van der Waals surface area contributed by atoms with Gasteiger partial charge in [-0.15, -0.1) is 0 Å². The van der Waals surface area contributed by atoms with Crippen LogP contribution in [0.2, 0.25) is 5.02 Å². The maximum absolute atomic E-state index is 13.5. The molecule has 0 aromatic heterocycles. The highest BCUT2D eigenvalue weighted by molar-refractivity contribution is 7.90. The molecule has 11 heteroatoms. The summed E-state index contributed by atoms with van der Waals surface area (Å²) in [7, 11) is 0.0660. The number of anilines is 2. The molecule has 2 aromatic rings. The largest absolute Gasteiger partial charge is 0.440 e. The molecule has 0 saturated carbocycles. The molecule has 1 N–H and O–H groups in total. The van der Waals surface area contributed by atoms with E-state index < -0.39 is 28.3 Å². The monoisotopic (exact) mass is 461 g/mol. The lowest BCUT2D eigenvalue weighted by molar-refractivity contribution is -0.249. The normalized spacial score (nSPS) is 19.7. The fraction of sp³-hybridized carbons (Fsp3) is 0.316. The van der Waals surface area contributed by atoms with Crippen molar-refractivity contribution in [2.24, 2.45) is 4.99 Å². The number of nitrogens with zero attached hydrogens (tertiary/aromatic N) is 3. The van der Waals surface area contributed by atoms with Gasteiger partial charge in [0.2, 0.25) is 0 Å². The summed E-state index contributed by atoms with van der Waals surface area (Å²) in [5, 5.41) is 10.5. The predicted molar refractivity (Wildman–Crippen MR) is 110 cm³/mol. The Hall–Kier alpha value is -2.30. The Morgan fingerprint density at radius 2 is 1.77 bits per heavy atom. The molecule has 3 rings (SSSR count). The van der Waals surface area contributed by atoms with E-state index >= 15 is 0 Å². The number of aliphatic imine (C=N–C) groups is 1. The number of amidine groups is 1. The van der Waals surface area contributed by atoms with Gasteiger partial charge in [-0.2, -0.15) is 13.2 Å². The first-order chi connectivity index (χ1) is 13.7. The Morgan fingerprint density at radius 1 is 1.17 bits per heavy atom. The molecule has 0 saturated heterocycles. The van der Waals surface area contributed by atoms with Crippen LogP contribution in [-0.4, -0.2) is 58.2 Å². The van der Waals surface area contributed by atoms with Crippen molar-refractivity contribution < 1.29 is 26.7 Å². The second kappa shape index (κ2) is 7.44. The molecular formula is C19H19ClF3N3O3S. The molecule has 0 bridgehead atoms. The standard InChI is InChI=1S/C19H19ClF3N3O3S/c1-25(2)16-9-4-12(10-15(16)20)17-24-18(27,19(21,22)23)11-26(17)13-5-7-14(8-6-13)30(3,28)29/h4-10,27H,11H2,1-3H3. The first kappa shape index (κ1) is 22.4. The van der Waals surface area contributed by atoms with Crippen LogP contribution in [0.3, 0.4) is 0 Å². The van der Waals surface area contributed by atoms with Gasteiger partial charge in [-0.1, -0.05) is 11.6 Å². The second-order valence-corrected chi connectivity index (χ2v) is 9.59. The van der Waals surface area contributed by atoms with Crippen molar-refractivity contribution in [1.82, 2.24) is 0 Å². The van der Waals surface area contributed by atoms with Gasteiger partial charge in [0.05, 0.1) is 22.2 Å². The van der Waals surface area contributed by atoms with Crippen molar-refractivity contribution in [1.29, 1.82) is 0 Å². The third kappa shape index (κ3) is 4.12. The van der Waals surface area contributed by atoms with Crippen molar-refractivity contribution in [3.05, 3.63) is 53.1 Å². The minimum atomic E-state index is -5.01. The Morgan fingerprint density at radius 3 is 2.23 bits per heavy atom. The molecule has 1 aliphatic rings. The van der Waals surface area contributed by atoms with Gasteiger partial charge in [-0.3, -0.25) is 0 Å². The van der Waals surface area contributed by atoms with E-state index in [9.17, 15) is 26.7 Å². The van der Waals surface area contributed by atoms with Crippen LogP contribution in [0.15, 0.2) is 52.4 Å². The summed E-state index contributed by atoms with van der Waals surface area (Å²) in [6.45, 7) is -0.878. The molecule has 30 heavy (non-hydrogen) atoms. The molecule has 162 valence electrons. The molecule has 0 amide bonds. The summed E-state index contributed by atoms with van der Waals surface area (Å²) in [6.07, 6.45) is -3.98. The lowest BCUT2D eigenvalue weighted by atomic mass is 10.1. The van der Waals surface area contributed by atoms with E-state index in [1.54, 1.807) is 31.1 Å². The third-order valence-electron chi connectivity index (χ3n) is 4.64. The van der Waals surface area contributed by atoms with Gasteiger partial charge in [0.15, 0.2) is 9.84 Å². The minimum absolute atomic E-state index is 0.0217. The molecule has 6 nitrogen and oxygen atoms in total. The van der Waals surface area contributed by atoms with Crippen LogP contribution in [0.4, 0.5) is 24.5 Å². The quantitative estimate of drug-likeness (QED) is 0.756. The molecule has 1 heterocycles. The number of β-amino-alcohol motifs (C(OH)–C–C–N with tert-alkyl or cyclic N) is 1. The lowest BCUT2D eigenvalue weighted by Crippen LogP contribution is -2.47. The molecule has 2 aromatic carbocycles. The van der Waals surface area contributed by atoms with Gasteiger partial charge < -0.3 is 14.9 Å². The van der Waals surface area contributed by atoms with E-state index in [0.717, 1.165) is 6.26 Å². The Kier molecular flexibility index (Phi) is 5.55. The van der Waals surface area contributed by atoms with E-state index in [-0.39, 0.29) is 22.0 Å². The van der Waals surface area contributed by atoms with E-state index in [4.69, 9.17) is 11.6 Å². The zero-order valence-corrected chi connectivity index (χ0v) is 17.8. The topological polar surface area (TPSA) is 73.2 Å². The second-order valence-electron chi connectivity index (χ2n) is 7.16. The van der Waals surface area contributed by atoms with Crippen LogP contribution >= 0.6 is 11.6 Å². The molecule has 1 atom stereocenters. The van der Waals surface area contributed by atoms with Crippen molar-refractivity contribution in [2.45, 2.75) is 16.8 Å². The molecule has 0 radical (unpaired) electrons. The highest BCUT2D eigenvalue weighted by Crippen LogP contribution is 2.39. The van der Waals surface area contributed by atoms with Gasteiger partial charge in [-0.25, -0.2) is 13.4 Å². The number of hydrogen-bond donors (Lipinski definition) is 1. The molecular weight excluding hydrogens is 443 g/mol. The first-order valence-electron chi connectivity index (χ1n) is 8.67. The number of benzene rings is 2. The summed E-state index contributed by atoms with van der Waals surface area (Å²) in [5.74, 6) is -0.130. The molecule has 0 spiro atoms.